The zero-order valence-corrected chi connectivity index (χ0v) is 26.5. The number of fused-ring (bicyclic) bond motifs is 3. The Balaban J connectivity index is 1.29. The number of rotatable bonds is 6. The second-order valence-corrected chi connectivity index (χ2v) is 13.7. The van der Waals surface area contributed by atoms with Crippen molar-refractivity contribution >= 4 is 33.5 Å². The molecule has 5 heterocycles. The smallest absolute Gasteiger partial charge is 0.319 e. The summed E-state index contributed by atoms with van der Waals surface area (Å²) < 4.78 is 69.1. The Morgan fingerprint density at radius 2 is 1.92 bits per heavy atom. The Morgan fingerprint density at radius 1 is 1.08 bits per heavy atom. The van der Waals surface area contributed by atoms with E-state index in [2.05, 4.69) is 20.5 Å². The molecule has 4 aliphatic rings. The number of alkyl halides is 1. The molecule has 9 nitrogen and oxygen atoms in total. The van der Waals surface area contributed by atoms with E-state index < -0.39 is 40.3 Å². The van der Waals surface area contributed by atoms with Gasteiger partial charge in [0.05, 0.1) is 16.6 Å². The Kier molecular flexibility index (Phi) is 7.31. The second-order valence-electron chi connectivity index (χ2n) is 13.7. The molecule has 4 saturated heterocycles. The zero-order valence-electron chi connectivity index (χ0n) is 26.5. The molecule has 48 heavy (non-hydrogen) atoms. The SMILES string of the molecule is CCc1c(F)ccc2cc(O)cc(-c3c(F)cc4c(N5CCCC6(CNC(=O)N6)C5)nc(OC[C@@]56CCCN5C[C@H](F)C6)nc4c3F)c12. The molecule has 3 atom stereocenters. The minimum absolute atomic E-state index is 0.00187. The molecule has 0 saturated carbocycles. The number of amides is 2. The molecule has 8 rings (SSSR count). The number of benzene rings is 3. The molecular formula is C35H36F4N6O3. The summed E-state index contributed by atoms with van der Waals surface area (Å²) >= 11 is 0. The predicted molar refractivity (Wildman–Crippen MR) is 173 cm³/mol. The Labute approximate surface area is 274 Å². The molecule has 1 aromatic heterocycles. The number of aryl methyl sites for hydroxylation is 1. The van der Waals surface area contributed by atoms with Crippen molar-refractivity contribution in [2.75, 3.05) is 44.2 Å². The van der Waals surface area contributed by atoms with Crippen molar-refractivity contribution < 1.29 is 32.2 Å². The summed E-state index contributed by atoms with van der Waals surface area (Å²) in [5.41, 5.74) is -1.50. The van der Waals surface area contributed by atoms with E-state index >= 15 is 13.2 Å². The van der Waals surface area contributed by atoms with Crippen LogP contribution in [0.25, 0.3) is 32.8 Å². The third-order valence-electron chi connectivity index (χ3n) is 10.7. The number of nitrogens with one attached hydrogen (secondary N) is 2. The highest BCUT2D eigenvalue weighted by Crippen LogP contribution is 2.43. The summed E-state index contributed by atoms with van der Waals surface area (Å²) in [4.78, 5) is 25.3. The van der Waals surface area contributed by atoms with Crippen LogP contribution in [0.2, 0.25) is 0 Å². The van der Waals surface area contributed by atoms with Gasteiger partial charge in [0.25, 0.3) is 0 Å². The molecule has 4 aromatic rings. The first-order valence-corrected chi connectivity index (χ1v) is 16.6. The maximum absolute atomic E-state index is 17.0. The van der Waals surface area contributed by atoms with Gasteiger partial charge in [-0.1, -0.05) is 13.0 Å². The average Bonchev–Trinajstić information content (AvgIpc) is 3.71. The normalized spacial score (nSPS) is 25.6. The van der Waals surface area contributed by atoms with Crippen molar-refractivity contribution in [3.63, 3.8) is 0 Å². The number of hydrogen-bond acceptors (Lipinski definition) is 7. The van der Waals surface area contributed by atoms with Crippen molar-refractivity contribution in [2.24, 2.45) is 0 Å². The molecule has 0 radical (unpaired) electrons. The lowest BCUT2D eigenvalue weighted by molar-refractivity contribution is 0.107. The van der Waals surface area contributed by atoms with Crippen molar-refractivity contribution in [1.29, 1.82) is 0 Å². The zero-order chi connectivity index (χ0) is 33.4. The van der Waals surface area contributed by atoms with Crippen molar-refractivity contribution in [3.05, 3.63) is 53.3 Å². The van der Waals surface area contributed by atoms with Crippen molar-refractivity contribution in [3.8, 4) is 22.9 Å². The van der Waals surface area contributed by atoms with Gasteiger partial charge in [-0.25, -0.2) is 22.4 Å². The number of aromatic hydroxyl groups is 1. The lowest BCUT2D eigenvalue weighted by atomic mass is 9.89. The summed E-state index contributed by atoms with van der Waals surface area (Å²) in [6, 6.07) is 6.16. The van der Waals surface area contributed by atoms with Gasteiger partial charge in [-0.2, -0.15) is 9.97 Å². The molecule has 3 N–H and O–H groups in total. The van der Waals surface area contributed by atoms with Gasteiger partial charge >= 0.3 is 12.0 Å². The minimum Gasteiger partial charge on any atom is -0.508 e. The van der Waals surface area contributed by atoms with E-state index in [0.717, 1.165) is 19.4 Å². The highest BCUT2D eigenvalue weighted by Gasteiger charge is 2.49. The largest absolute Gasteiger partial charge is 0.508 e. The van der Waals surface area contributed by atoms with Crippen LogP contribution in [0.4, 0.5) is 28.2 Å². The number of phenols is 1. The Bertz CT molecular complexity index is 1980. The van der Waals surface area contributed by atoms with Crippen LogP contribution in [-0.4, -0.2) is 82.6 Å². The number of ether oxygens (including phenoxy) is 1. The first-order chi connectivity index (χ1) is 23.1. The predicted octanol–water partition coefficient (Wildman–Crippen LogP) is 5.74. The van der Waals surface area contributed by atoms with Gasteiger partial charge in [0, 0.05) is 38.0 Å². The topological polar surface area (TPSA) is 103 Å². The number of anilines is 1. The van der Waals surface area contributed by atoms with Crippen LogP contribution in [-0.2, 0) is 6.42 Å². The summed E-state index contributed by atoms with van der Waals surface area (Å²) in [5.74, 6) is -2.44. The van der Waals surface area contributed by atoms with Gasteiger partial charge in [0.15, 0.2) is 5.82 Å². The van der Waals surface area contributed by atoms with Gasteiger partial charge in [0.1, 0.15) is 41.5 Å². The van der Waals surface area contributed by atoms with Crippen molar-refractivity contribution in [2.45, 2.75) is 62.7 Å². The highest BCUT2D eigenvalue weighted by molar-refractivity contribution is 6.03. The molecule has 0 aliphatic carbocycles. The number of nitrogens with zero attached hydrogens (tertiary/aromatic N) is 4. The van der Waals surface area contributed by atoms with E-state index in [4.69, 9.17) is 9.72 Å². The lowest BCUT2D eigenvalue weighted by Crippen LogP contribution is -2.56. The van der Waals surface area contributed by atoms with E-state index in [-0.39, 0.29) is 58.7 Å². The van der Waals surface area contributed by atoms with Gasteiger partial charge in [-0.05, 0) is 84.8 Å². The number of hydrogen-bond donors (Lipinski definition) is 3. The first-order valence-electron chi connectivity index (χ1n) is 16.6. The van der Waals surface area contributed by atoms with E-state index in [1.165, 1.54) is 30.3 Å². The van der Waals surface area contributed by atoms with Crippen LogP contribution in [0.15, 0.2) is 30.3 Å². The summed E-state index contributed by atoms with van der Waals surface area (Å²) in [7, 11) is 0. The van der Waals surface area contributed by atoms with E-state index in [1.54, 1.807) is 6.92 Å². The summed E-state index contributed by atoms with van der Waals surface area (Å²) in [6.45, 7) is 4.18. The fourth-order valence-electron chi connectivity index (χ4n) is 8.54. The first kappa shape index (κ1) is 30.9. The maximum Gasteiger partial charge on any atom is 0.319 e. The van der Waals surface area contributed by atoms with Crippen LogP contribution in [0, 0.1) is 17.5 Å². The van der Waals surface area contributed by atoms with Crippen LogP contribution in [0.1, 0.15) is 44.6 Å². The van der Waals surface area contributed by atoms with Gasteiger partial charge in [-0.3, -0.25) is 4.90 Å². The molecule has 13 heteroatoms. The molecule has 4 fully saturated rings. The fraction of sp³-hybridized carbons (Fsp3) is 0.457. The number of aromatic nitrogens is 2. The van der Waals surface area contributed by atoms with Crippen LogP contribution >= 0.6 is 0 Å². The van der Waals surface area contributed by atoms with E-state index in [0.29, 0.717) is 56.2 Å². The molecule has 4 aliphatic heterocycles. The summed E-state index contributed by atoms with van der Waals surface area (Å²) in [6.07, 6.45) is 2.65. The number of carbonyl (C=O) groups excluding carboxylic acids is 1. The number of piperidine rings is 1. The van der Waals surface area contributed by atoms with Gasteiger partial charge < -0.3 is 25.4 Å². The molecule has 2 amide bonds. The number of carbonyl (C=O) groups is 1. The Morgan fingerprint density at radius 3 is 2.71 bits per heavy atom. The van der Waals surface area contributed by atoms with E-state index in [1.807, 2.05) is 4.90 Å². The van der Waals surface area contributed by atoms with Crippen LogP contribution in [0.5, 0.6) is 11.8 Å². The van der Waals surface area contributed by atoms with Crippen LogP contribution < -0.4 is 20.3 Å². The molecule has 3 aromatic carbocycles. The molecule has 252 valence electrons. The second kappa shape index (κ2) is 11.4. The standard InChI is InChI=1S/C35H36F4N6O3/c1-2-22-25(37)6-5-19-11-21(46)12-23(27(19)22)28-26(38)13-24-30(29(28)39)41-33(48-18-35-8-4-10-45(35)15-20(36)14-35)42-31(24)44-9-3-7-34(17-44)16-40-32(47)43-34/h5-6,11-13,20,46H,2-4,7-10,14-18H2,1H3,(H2,40,43,47)/t20-,34?,35+/m1/s1. The molecular weight excluding hydrogens is 628 g/mol. The number of urea groups is 1. The minimum atomic E-state index is -1.01. The lowest BCUT2D eigenvalue weighted by Gasteiger charge is -2.40. The maximum atomic E-state index is 17.0. The van der Waals surface area contributed by atoms with E-state index in [9.17, 15) is 14.3 Å². The number of phenolic OH excluding ortho intramolecular Hbond substituents is 1. The highest BCUT2D eigenvalue weighted by atomic mass is 19.1. The monoisotopic (exact) mass is 664 g/mol. The fourth-order valence-corrected chi connectivity index (χ4v) is 8.54. The van der Waals surface area contributed by atoms with Gasteiger partial charge in [-0.15, -0.1) is 0 Å². The third kappa shape index (κ3) is 4.96. The molecule has 1 spiro atoms. The van der Waals surface area contributed by atoms with Gasteiger partial charge in [0.2, 0.25) is 0 Å². The third-order valence-corrected chi connectivity index (χ3v) is 10.7. The number of halogens is 4. The quantitative estimate of drug-likeness (QED) is 0.226. The molecule has 1 unspecified atom stereocenters. The average molecular weight is 665 g/mol. The molecule has 0 bridgehead atoms. The van der Waals surface area contributed by atoms with Crippen molar-refractivity contribution in [1.82, 2.24) is 25.5 Å². The Hall–Kier alpha value is -4.39. The summed E-state index contributed by atoms with van der Waals surface area (Å²) in [5, 5.41) is 17.2. The van der Waals surface area contributed by atoms with Crippen LogP contribution in [0.3, 0.4) is 0 Å².